The summed E-state index contributed by atoms with van der Waals surface area (Å²) in [5.41, 5.74) is 3.32. The van der Waals surface area contributed by atoms with Crippen molar-refractivity contribution in [3.8, 4) is 0 Å². The van der Waals surface area contributed by atoms with Crippen LogP contribution in [0.3, 0.4) is 0 Å². The first kappa shape index (κ1) is 15.8. The van der Waals surface area contributed by atoms with E-state index in [0.29, 0.717) is 11.7 Å². The van der Waals surface area contributed by atoms with Gasteiger partial charge in [0.25, 0.3) is 5.56 Å². The second-order valence-corrected chi connectivity index (χ2v) is 6.58. The Morgan fingerprint density at radius 1 is 1.48 bits per heavy atom. The molecular formula is C14H18N6O2S. The van der Waals surface area contributed by atoms with E-state index < -0.39 is 0 Å². The van der Waals surface area contributed by atoms with Crippen LogP contribution in [0.15, 0.2) is 16.4 Å². The van der Waals surface area contributed by atoms with Gasteiger partial charge in [0.1, 0.15) is 5.51 Å². The highest BCUT2D eigenvalue weighted by molar-refractivity contribution is 7.13. The lowest BCUT2D eigenvalue weighted by Gasteiger charge is -2.27. The lowest BCUT2D eigenvalue weighted by Crippen LogP contribution is -2.39. The molecule has 0 spiro atoms. The van der Waals surface area contributed by atoms with Crippen LogP contribution in [0.25, 0.3) is 0 Å². The predicted molar refractivity (Wildman–Crippen MR) is 86.4 cm³/mol. The Balaban J connectivity index is 1.67. The molecule has 8 nitrogen and oxygen atoms in total. The molecule has 0 aliphatic carbocycles. The van der Waals surface area contributed by atoms with Gasteiger partial charge in [-0.1, -0.05) is 11.3 Å². The zero-order valence-electron chi connectivity index (χ0n) is 13.0. The topological polar surface area (TPSA) is 93.0 Å². The summed E-state index contributed by atoms with van der Waals surface area (Å²) in [6.07, 6.45) is 0.731. The summed E-state index contributed by atoms with van der Waals surface area (Å²) in [4.78, 5) is 26.1. The van der Waals surface area contributed by atoms with Crippen LogP contribution < -0.4 is 10.9 Å². The fraction of sp³-hybridized carbons (Fsp3) is 0.500. The lowest BCUT2D eigenvalue weighted by molar-refractivity contribution is -0.117. The number of nitrogens with one attached hydrogen (secondary N) is 1. The predicted octanol–water partition coefficient (Wildman–Crippen LogP) is 0.672. The molecule has 3 heterocycles. The van der Waals surface area contributed by atoms with Gasteiger partial charge in [-0.3, -0.25) is 19.8 Å². The van der Waals surface area contributed by atoms with Gasteiger partial charge in [-0.25, -0.2) is 4.68 Å². The first-order chi connectivity index (χ1) is 11.0. The molecule has 2 aromatic heterocycles. The van der Waals surface area contributed by atoms with Crippen molar-refractivity contribution in [3.63, 3.8) is 0 Å². The van der Waals surface area contributed by atoms with E-state index in [1.165, 1.54) is 16.0 Å². The first-order valence-electron chi connectivity index (χ1n) is 7.43. The molecular weight excluding hydrogens is 316 g/mol. The monoisotopic (exact) mass is 334 g/mol. The molecule has 0 unspecified atom stereocenters. The maximum absolute atomic E-state index is 12.1. The molecule has 0 bridgehead atoms. The van der Waals surface area contributed by atoms with Gasteiger partial charge in [-0.2, -0.15) is 5.10 Å². The molecule has 0 radical (unpaired) electrons. The third-order valence-corrected chi connectivity index (χ3v) is 4.25. The van der Waals surface area contributed by atoms with E-state index in [2.05, 4.69) is 20.6 Å². The first-order valence-corrected chi connectivity index (χ1v) is 8.31. The molecule has 0 saturated heterocycles. The second-order valence-electron chi connectivity index (χ2n) is 5.75. The minimum Gasteiger partial charge on any atom is -0.299 e. The van der Waals surface area contributed by atoms with Crippen LogP contribution >= 0.6 is 11.3 Å². The Labute approximate surface area is 137 Å². The van der Waals surface area contributed by atoms with Crippen molar-refractivity contribution in [2.24, 2.45) is 0 Å². The van der Waals surface area contributed by atoms with E-state index in [4.69, 9.17) is 0 Å². The van der Waals surface area contributed by atoms with Crippen molar-refractivity contribution in [3.05, 3.63) is 33.2 Å². The molecule has 122 valence electrons. The third kappa shape index (κ3) is 3.62. The van der Waals surface area contributed by atoms with Crippen molar-refractivity contribution in [1.29, 1.82) is 0 Å². The molecule has 1 aliphatic heterocycles. The molecule has 0 aromatic carbocycles. The average Bonchev–Trinajstić information content (AvgIpc) is 2.98. The maximum Gasteiger partial charge on any atom is 0.267 e. The van der Waals surface area contributed by atoms with E-state index in [-0.39, 0.29) is 24.1 Å². The van der Waals surface area contributed by atoms with Crippen LogP contribution in [-0.2, 0) is 17.8 Å². The van der Waals surface area contributed by atoms with E-state index in [9.17, 15) is 9.59 Å². The van der Waals surface area contributed by atoms with Gasteiger partial charge >= 0.3 is 0 Å². The number of carbonyl (C=O) groups excluding carboxylic acids is 1. The summed E-state index contributed by atoms with van der Waals surface area (Å²) in [5, 5.41) is 15.1. The summed E-state index contributed by atoms with van der Waals surface area (Å²) >= 11 is 1.28. The van der Waals surface area contributed by atoms with Gasteiger partial charge in [0.05, 0.1) is 18.3 Å². The highest BCUT2D eigenvalue weighted by atomic mass is 32.1. The Morgan fingerprint density at radius 2 is 2.30 bits per heavy atom. The van der Waals surface area contributed by atoms with Gasteiger partial charge in [0.15, 0.2) is 0 Å². The standard InChI is InChI=1S/C14H18N6O2S/c1-9(2)20-13(22)5-10-6-19(4-3-11(10)18-20)7-12(21)16-14-17-15-8-23-14/h5,8-9H,3-4,6-7H2,1-2H3,(H,16,17,21). The number of hydrogen-bond acceptors (Lipinski definition) is 7. The van der Waals surface area contributed by atoms with E-state index in [0.717, 1.165) is 24.2 Å². The number of amides is 1. The number of fused-ring (bicyclic) bond motifs is 1. The van der Waals surface area contributed by atoms with Gasteiger partial charge in [0, 0.05) is 25.6 Å². The number of carbonyl (C=O) groups is 1. The SMILES string of the molecule is CC(C)n1nc2c(cc1=O)CN(CC(=O)Nc1nncs1)CC2. The van der Waals surface area contributed by atoms with E-state index in [1.807, 2.05) is 18.7 Å². The van der Waals surface area contributed by atoms with Gasteiger partial charge < -0.3 is 0 Å². The molecule has 0 atom stereocenters. The van der Waals surface area contributed by atoms with Crippen molar-refractivity contribution < 1.29 is 4.79 Å². The Bertz CT molecular complexity index is 755. The average molecular weight is 334 g/mol. The molecule has 1 amide bonds. The second kappa shape index (κ2) is 6.55. The number of aromatic nitrogens is 4. The van der Waals surface area contributed by atoms with Crippen LogP contribution in [0.5, 0.6) is 0 Å². The molecule has 2 aromatic rings. The highest BCUT2D eigenvalue weighted by Crippen LogP contribution is 2.16. The van der Waals surface area contributed by atoms with Crippen molar-refractivity contribution in [2.75, 3.05) is 18.4 Å². The zero-order valence-corrected chi connectivity index (χ0v) is 13.8. The van der Waals surface area contributed by atoms with Crippen LogP contribution in [-0.4, -0.2) is 43.9 Å². The number of rotatable bonds is 4. The lowest BCUT2D eigenvalue weighted by atomic mass is 10.1. The quantitative estimate of drug-likeness (QED) is 0.883. The zero-order chi connectivity index (χ0) is 16.4. The summed E-state index contributed by atoms with van der Waals surface area (Å²) in [5.74, 6) is -0.131. The van der Waals surface area contributed by atoms with Crippen molar-refractivity contribution in [2.45, 2.75) is 32.9 Å². The molecule has 0 fully saturated rings. The molecule has 3 rings (SSSR count). The van der Waals surface area contributed by atoms with Crippen molar-refractivity contribution >= 4 is 22.4 Å². The molecule has 23 heavy (non-hydrogen) atoms. The fourth-order valence-electron chi connectivity index (χ4n) is 2.57. The Kier molecular flexibility index (Phi) is 4.49. The summed E-state index contributed by atoms with van der Waals surface area (Å²) in [6.45, 7) is 5.42. The van der Waals surface area contributed by atoms with E-state index >= 15 is 0 Å². The molecule has 9 heteroatoms. The number of anilines is 1. The van der Waals surface area contributed by atoms with Crippen LogP contribution in [0.1, 0.15) is 31.1 Å². The number of nitrogens with zero attached hydrogens (tertiary/aromatic N) is 5. The van der Waals surface area contributed by atoms with E-state index in [1.54, 1.807) is 11.6 Å². The Morgan fingerprint density at radius 3 is 3.00 bits per heavy atom. The molecule has 1 N–H and O–H groups in total. The molecule has 0 saturated carbocycles. The van der Waals surface area contributed by atoms with Gasteiger partial charge in [-0.15, -0.1) is 10.2 Å². The van der Waals surface area contributed by atoms with Gasteiger partial charge in [-0.05, 0) is 19.4 Å². The smallest absolute Gasteiger partial charge is 0.267 e. The van der Waals surface area contributed by atoms with Crippen LogP contribution in [0.2, 0.25) is 0 Å². The van der Waals surface area contributed by atoms with Crippen LogP contribution in [0, 0.1) is 0 Å². The maximum atomic E-state index is 12.1. The third-order valence-electron chi connectivity index (χ3n) is 3.64. The fourth-order valence-corrected chi connectivity index (χ4v) is 3.03. The summed E-state index contributed by atoms with van der Waals surface area (Å²) in [6, 6.07) is 1.68. The normalized spacial score (nSPS) is 14.7. The summed E-state index contributed by atoms with van der Waals surface area (Å²) < 4.78 is 1.51. The minimum absolute atomic E-state index is 0.0449. The highest BCUT2D eigenvalue weighted by Gasteiger charge is 2.21. The largest absolute Gasteiger partial charge is 0.299 e. The number of hydrogen-bond donors (Lipinski definition) is 1. The molecule has 1 aliphatic rings. The van der Waals surface area contributed by atoms with Gasteiger partial charge in [0.2, 0.25) is 11.0 Å². The minimum atomic E-state index is -0.131. The van der Waals surface area contributed by atoms with Crippen LogP contribution in [0.4, 0.5) is 5.13 Å². The summed E-state index contributed by atoms with van der Waals surface area (Å²) in [7, 11) is 0. The Hall–Kier alpha value is -2.13. The van der Waals surface area contributed by atoms with Crippen molar-refractivity contribution in [1.82, 2.24) is 24.9 Å².